The van der Waals surface area contributed by atoms with Gasteiger partial charge < -0.3 is 14.8 Å². The summed E-state index contributed by atoms with van der Waals surface area (Å²) < 4.78 is 11.6. The number of anilines is 1. The first kappa shape index (κ1) is 22.4. The smallest absolute Gasteiger partial charge is 0.255 e. The molecule has 1 N–H and O–H groups in total. The summed E-state index contributed by atoms with van der Waals surface area (Å²) in [6, 6.07) is 25.1. The number of carbonyl (C=O) groups excluding carboxylic acids is 1. The molecule has 0 aliphatic carbocycles. The SMILES string of the molecule is CC(C)CCOc1ccc(C(=O)Nc2cccc(OCCCc3ccccc3)c2)cc1. The molecule has 4 nitrogen and oxygen atoms in total. The molecule has 0 unspecified atom stereocenters. The van der Waals surface area contributed by atoms with Gasteiger partial charge >= 0.3 is 0 Å². The average Bonchev–Trinajstić information content (AvgIpc) is 2.78. The van der Waals surface area contributed by atoms with Gasteiger partial charge in [0.1, 0.15) is 11.5 Å². The van der Waals surface area contributed by atoms with Gasteiger partial charge in [-0.25, -0.2) is 0 Å². The summed E-state index contributed by atoms with van der Waals surface area (Å²) >= 11 is 0. The molecule has 0 aliphatic rings. The van der Waals surface area contributed by atoms with Crippen LogP contribution in [0.25, 0.3) is 0 Å². The van der Waals surface area contributed by atoms with Crippen molar-refractivity contribution in [3.63, 3.8) is 0 Å². The molecule has 0 aliphatic heterocycles. The van der Waals surface area contributed by atoms with Gasteiger partial charge in [0.05, 0.1) is 13.2 Å². The third-order valence-corrected chi connectivity index (χ3v) is 4.89. The molecule has 0 saturated heterocycles. The van der Waals surface area contributed by atoms with Gasteiger partial charge in [-0.1, -0.05) is 50.2 Å². The zero-order valence-corrected chi connectivity index (χ0v) is 18.3. The maximum atomic E-state index is 12.6. The monoisotopic (exact) mass is 417 g/mol. The van der Waals surface area contributed by atoms with E-state index in [9.17, 15) is 4.79 Å². The van der Waals surface area contributed by atoms with E-state index in [1.54, 1.807) is 12.1 Å². The molecule has 0 aromatic heterocycles. The largest absolute Gasteiger partial charge is 0.494 e. The molecule has 0 heterocycles. The van der Waals surface area contributed by atoms with E-state index in [0.717, 1.165) is 30.8 Å². The Morgan fingerprint density at radius 3 is 2.32 bits per heavy atom. The van der Waals surface area contributed by atoms with Crippen LogP contribution >= 0.6 is 0 Å². The Morgan fingerprint density at radius 2 is 1.58 bits per heavy atom. The van der Waals surface area contributed by atoms with Crippen LogP contribution in [0.4, 0.5) is 5.69 Å². The fourth-order valence-electron chi connectivity index (χ4n) is 3.09. The summed E-state index contributed by atoms with van der Waals surface area (Å²) in [6.45, 7) is 5.65. The second kappa shape index (κ2) is 11.8. The molecule has 162 valence electrons. The van der Waals surface area contributed by atoms with E-state index < -0.39 is 0 Å². The first-order chi connectivity index (χ1) is 15.1. The molecule has 0 bridgehead atoms. The molecule has 4 heteroatoms. The summed E-state index contributed by atoms with van der Waals surface area (Å²) in [6.07, 6.45) is 2.92. The van der Waals surface area contributed by atoms with E-state index in [0.29, 0.717) is 30.4 Å². The first-order valence-corrected chi connectivity index (χ1v) is 10.9. The minimum Gasteiger partial charge on any atom is -0.494 e. The maximum Gasteiger partial charge on any atom is 0.255 e. The highest BCUT2D eigenvalue weighted by Gasteiger charge is 2.07. The molecule has 1 amide bonds. The normalized spacial score (nSPS) is 10.7. The molecule has 0 atom stereocenters. The highest BCUT2D eigenvalue weighted by molar-refractivity contribution is 6.04. The number of benzene rings is 3. The summed E-state index contributed by atoms with van der Waals surface area (Å²) in [4.78, 5) is 12.6. The molecule has 3 aromatic rings. The van der Waals surface area contributed by atoms with Crippen molar-refractivity contribution in [1.82, 2.24) is 0 Å². The van der Waals surface area contributed by atoms with Gasteiger partial charge in [-0.3, -0.25) is 4.79 Å². The standard InChI is InChI=1S/C27H31NO3/c1-21(2)17-19-31-25-15-13-23(14-16-25)27(29)28-24-11-6-12-26(20-24)30-18-7-10-22-8-4-3-5-9-22/h3-6,8-9,11-16,20-21H,7,10,17-19H2,1-2H3,(H,28,29). The molecule has 3 aromatic carbocycles. The second-order valence-corrected chi connectivity index (χ2v) is 7.97. The van der Waals surface area contributed by atoms with Crippen LogP contribution in [0, 0.1) is 5.92 Å². The Bertz CT molecular complexity index is 936. The Kier molecular flexibility index (Phi) is 8.53. The quantitative estimate of drug-likeness (QED) is 0.369. The number of amides is 1. The van der Waals surface area contributed by atoms with Crippen LogP contribution in [-0.4, -0.2) is 19.1 Å². The van der Waals surface area contributed by atoms with Crippen LogP contribution in [0.15, 0.2) is 78.9 Å². The minimum absolute atomic E-state index is 0.157. The van der Waals surface area contributed by atoms with Crippen LogP contribution in [0.1, 0.15) is 42.6 Å². The highest BCUT2D eigenvalue weighted by Crippen LogP contribution is 2.20. The van der Waals surface area contributed by atoms with Crippen molar-refractivity contribution in [3.8, 4) is 11.5 Å². The number of carbonyl (C=O) groups is 1. The summed E-state index contributed by atoms with van der Waals surface area (Å²) in [7, 11) is 0. The van der Waals surface area contributed by atoms with Crippen LogP contribution in [-0.2, 0) is 6.42 Å². The number of hydrogen-bond acceptors (Lipinski definition) is 3. The zero-order valence-electron chi connectivity index (χ0n) is 18.3. The lowest BCUT2D eigenvalue weighted by atomic mass is 10.1. The van der Waals surface area contributed by atoms with E-state index in [1.807, 2.05) is 42.5 Å². The average molecular weight is 418 g/mol. The zero-order chi connectivity index (χ0) is 21.9. The minimum atomic E-state index is -0.157. The van der Waals surface area contributed by atoms with Crippen molar-refractivity contribution in [1.29, 1.82) is 0 Å². The molecule has 31 heavy (non-hydrogen) atoms. The second-order valence-electron chi connectivity index (χ2n) is 7.97. The van der Waals surface area contributed by atoms with E-state index >= 15 is 0 Å². The van der Waals surface area contributed by atoms with Crippen molar-refractivity contribution >= 4 is 11.6 Å². The first-order valence-electron chi connectivity index (χ1n) is 10.9. The Morgan fingerprint density at radius 1 is 0.839 bits per heavy atom. The van der Waals surface area contributed by atoms with Gasteiger partial charge in [0.15, 0.2) is 0 Å². The van der Waals surface area contributed by atoms with Gasteiger partial charge in [-0.2, -0.15) is 0 Å². The molecule has 3 rings (SSSR count). The number of ether oxygens (including phenoxy) is 2. The number of hydrogen-bond donors (Lipinski definition) is 1. The molecular formula is C27H31NO3. The van der Waals surface area contributed by atoms with Crippen molar-refractivity contribution in [2.75, 3.05) is 18.5 Å². The van der Waals surface area contributed by atoms with E-state index in [1.165, 1.54) is 5.56 Å². The lowest BCUT2D eigenvalue weighted by Crippen LogP contribution is -2.12. The molecule has 0 saturated carbocycles. The number of rotatable bonds is 11. The van der Waals surface area contributed by atoms with Crippen LogP contribution in [0.3, 0.4) is 0 Å². The van der Waals surface area contributed by atoms with E-state index in [-0.39, 0.29) is 5.91 Å². The van der Waals surface area contributed by atoms with E-state index in [2.05, 4.69) is 43.4 Å². The molecule has 0 fully saturated rings. The van der Waals surface area contributed by atoms with Crippen LogP contribution in [0.5, 0.6) is 11.5 Å². The van der Waals surface area contributed by atoms with Gasteiger partial charge in [-0.15, -0.1) is 0 Å². The predicted octanol–water partition coefficient (Wildman–Crippen LogP) is 6.38. The van der Waals surface area contributed by atoms with Gasteiger partial charge in [0, 0.05) is 17.3 Å². The Labute approximate surface area is 185 Å². The Balaban J connectivity index is 1.46. The highest BCUT2D eigenvalue weighted by atomic mass is 16.5. The van der Waals surface area contributed by atoms with Crippen molar-refractivity contribution in [2.45, 2.75) is 33.1 Å². The summed E-state index contributed by atoms with van der Waals surface area (Å²) in [5.74, 6) is 1.98. The number of nitrogens with one attached hydrogen (secondary N) is 1. The fraction of sp³-hybridized carbons (Fsp3) is 0.296. The van der Waals surface area contributed by atoms with Crippen LogP contribution < -0.4 is 14.8 Å². The third-order valence-electron chi connectivity index (χ3n) is 4.89. The van der Waals surface area contributed by atoms with Crippen LogP contribution in [0.2, 0.25) is 0 Å². The fourth-order valence-corrected chi connectivity index (χ4v) is 3.09. The number of aryl methyl sites for hydroxylation is 1. The topological polar surface area (TPSA) is 47.6 Å². The lowest BCUT2D eigenvalue weighted by Gasteiger charge is -2.10. The van der Waals surface area contributed by atoms with Gasteiger partial charge in [-0.05, 0) is 67.1 Å². The molecular weight excluding hydrogens is 386 g/mol. The van der Waals surface area contributed by atoms with Crippen molar-refractivity contribution < 1.29 is 14.3 Å². The Hall–Kier alpha value is -3.27. The van der Waals surface area contributed by atoms with Gasteiger partial charge in [0.2, 0.25) is 0 Å². The van der Waals surface area contributed by atoms with Gasteiger partial charge in [0.25, 0.3) is 5.91 Å². The lowest BCUT2D eigenvalue weighted by molar-refractivity contribution is 0.102. The van der Waals surface area contributed by atoms with Crippen molar-refractivity contribution in [3.05, 3.63) is 90.0 Å². The summed E-state index contributed by atoms with van der Waals surface area (Å²) in [5, 5.41) is 2.93. The molecule has 0 spiro atoms. The molecule has 0 radical (unpaired) electrons. The maximum absolute atomic E-state index is 12.6. The third kappa shape index (κ3) is 7.82. The predicted molar refractivity (Wildman–Crippen MR) is 126 cm³/mol. The van der Waals surface area contributed by atoms with Crippen molar-refractivity contribution in [2.24, 2.45) is 5.92 Å². The van der Waals surface area contributed by atoms with E-state index in [4.69, 9.17) is 9.47 Å². The summed E-state index contributed by atoms with van der Waals surface area (Å²) in [5.41, 5.74) is 2.61.